The second-order valence-electron chi connectivity index (χ2n) is 4.42. The van der Waals surface area contributed by atoms with Crippen LogP contribution in [-0.2, 0) is 4.79 Å². The molecule has 7 heteroatoms. The first-order chi connectivity index (χ1) is 9.88. The number of carbonyl (C=O) groups excluding carboxylic acids is 2. The van der Waals surface area contributed by atoms with Gasteiger partial charge in [0.05, 0.1) is 5.02 Å². The highest BCUT2D eigenvalue weighted by Gasteiger charge is 2.12. The molecule has 0 unspecified atom stereocenters. The van der Waals surface area contributed by atoms with Gasteiger partial charge >= 0.3 is 0 Å². The van der Waals surface area contributed by atoms with E-state index in [9.17, 15) is 9.59 Å². The van der Waals surface area contributed by atoms with Crippen LogP contribution in [0.15, 0.2) is 30.3 Å². The number of nitrogens with one attached hydrogen (secondary N) is 2. The van der Waals surface area contributed by atoms with E-state index in [0.717, 1.165) is 5.69 Å². The topological polar surface area (TPSA) is 65.2 Å². The quantitative estimate of drug-likeness (QED) is 0.906. The summed E-state index contributed by atoms with van der Waals surface area (Å²) < 4.78 is 0. The van der Waals surface area contributed by atoms with Gasteiger partial charge in [-0.05, 0) is 30.3 Å². The number of H-pyrrole nitrogens is 1. The molecular weight excluding hydrogens is 313 g/mol. The zero-order valence-corrected chi connectivity index (χ0v) is 12.9. The lowest BCUT2D eigenvalue weighted by Gasteiger charge is -2.15. The van der Waals surface area contributed by atoms with E-state index in [1.54, 1.807) is 31.3 Å². The molecule has 2 amide bonds. The molecule has 2 rings (SSSR count). The van der Waals surface area contributed by atoms with Crippen molar-refractivity contribution in [2.75, 3.05) is 17.3 Å². The van der Waals surface area contributed by atoms with Gasteiger partial charge in [0.15, 0.2) is 0 Å². The number of aromatic nitrogens is 1. The van der Waals surface area contributed by atoms with E-state index in [1.165, 1.54) is 17.9 Å². The highest BCUT2D eigenvalue weighted by atomic mass is 35.5. The number of halogens is 2. The minimum Gasteiger partial charge on any atom is -0.340 e. The maximum Gasteiger partial charge on any atom is 0.272 e. The number of aromatic amines is 1. The third-order valence-corrected chi connectivity index (χ3v) is 3.65. The molecule has 0 spiro atoms. The van der Waals surface area contributed by atoms with Crippen LogP contribution in [-0.4, -0.2) is 23.8 Å². The van der Waals surface area contributed by atoms with Crippen LogP contribution >= 0.6 is 23.2 Å². The van der Waals surface area contributed by atoms with Crippen LogP contribution in [0.5, 0.6) is 0 Å². The van der Waals surface area contributed by atoms with E-state index >= 15 is 0 Å². The Balaban J connectivity index is 2.10. The van der Waals surface area contributed by atoms with Crippen molar-refractivity contribution in [1.29, 1.82) is 0 Å². The SMILES string of the molecule is CC(=O)N(C)c1ccc(NC(=O)c2cc(Cl)c(Cl)[nH]2)cc1. The van der Waals surface area contributed by atoms with Crippen molar-refractivity contribution >= 4 is 46.4 Å². The molecule has 0 aliphatic carbocycles. The summed E-state index contributed by atoms with van der Waals surface area (Å²) in [5.74, 6) is -0.418. The molecule has 0 aliphatic heterocycles. The minimum absolute atomic E-state index is 0.0672. The summed E-state index contributed by atoms with van der Waals surface area (Å²) in [7, 11) is 1.68. The summed E-state index contributed by atoms with van der Waals surface area (Å²) in [6.45, 7) is 1.48. The zero-order chi connectivity index (χ0) is 15.6. The Kier molecular flexibility index (Phi) is 4.55. The number of anilines is 2. The van der Waals surface area contributed by atoms with Crippen LogP contribution in [0.1, 0.15) is 17.4 Å². The summed E-state index contributed by atoms with van der Waals surface area (Å²) in [4.78, 5) is 27.4. The molecule has 0 fully saturated rings. The smallest absolute Gasteiger partial charge is 0.272 e. The van der Waals surface area contributed by atoms with Gasteiger partial charge in [-0.2, -0.15) is 0 Å². The molecule has 21 heavy (non-hydrogen) atoms. The lowest BCUT2D eigenvalue weighted by molar-refractivity contribution is -0.116. The van der Waals surface area contributed by atoms with Gasteiger partial charge in [-0.3, -0.25) is 9.59 Å². The Hall–Kier alpha value is -1.98. The molecule has 0 radical (unpaired) electrons. The standard InChI is InChI=1S/C14H13Cl2N3O2/c1-8(20)19(2)10-5-3-9(4-6-10)17-14(21)12-7-11(15)13(16)18-12/h3-7,18H,1-2H3,(H,17,21). The predicted molar refractivity (Wildman–Crippen MR) is 84.3 cm³/mol. The van der Waals surface area contributed by atoms with Crippen molar-refractivity contribution in [1.82, 2.24) is 4.98 Å². The summed E-state index contributed by atoms with van der Waals surface area (Å²) >= 11 is 11.5. The lowest BCUT2D eigenvalue weighted by Crippen LogP contribution is -2.22. The number of nitrogens with zero attached hydrogens (tertiary/aromatic N) is 1. The Morgan fingerprint density at radius 1 is 1.19 bits per heavy atom. The summed E-state index contributed by atoms with van der Waals surface area (Å²) in [5.41, 5.74) is 1.61. The number of hydrogen-bond donors (Lipinski definition) is 2. The maximum atomic E-state index is 12.0. The van der Waals surface area contributed by atoms with Gasteiger partial charge < -0.3 is 15.2 Å². The number of carbonyl (C=O) groups is 2. The van der Waals surface area contributed by atoms with Gasteiger partial charge in [0.1, 0.15) is 10.8 Å². The van der Waals surface area contributed by atoms with Gasteiger partial charge in [0, 0.05) is 25.3 Å². The first kappa shape index (κ1) is 15.4. The van der Waals surface area contributed by atoms with Crippen LogP contribution < -0.4 is 10.2 Å². The number of benzene rings is 1. The molecule has 1 heterocycles. The fraction of sp³-hybridized carbons (Fsp3) is 0.143. The van der Waals surface area contributed by atoms with Gasteiger partial charge in [-0.1, -0.05) is 23.2 Å². The molecule has 1 aromatic heterocycles. The molecule has 5 nitrogen and oxygen atoms in total. The van der Waals surface area contributed by atoms with Crippen LogP contribution in [0.2, 0.25) is 10.2 Å². The Morgan fingerprint density at radius 2 is 1.81 bits per heavy atom. The van der Waals surface area contributed by atoms with E-state index in [0.29, 0.717) is 10.7 Å². The Labute approximate surface area is 131 Å². The van der Waals surface area contributed by atoms with Gasteiger partial charge in [-0.25, -0.2) is 0 Å². The third-order valence-electron chi connectivity index (χ3n) is 2.95. The number of hydrogen-bond acceptors (Lipinski definition) is 2. The Bertz CT molecular complexity index is 661. The molecule has 2 aromatic rings. The first-order valence-corrected chi connectivity index (χ1v) is 6.84. The predicted octanol–water partition coefficient (Wildman–Crippen LogP) is 3.56. The van der Waals surface area contributed by atoms with E-state index in [2.05, 4.69) is 10.3 Å². The van der Waals surface area contributed by atoms with Crippen molar-refractivity contribution in [3.63, 3.8) is 0 Å². The maximum absolute atomic E-state index is 12.0. The zero-order valence-electron chi connectivity index (χ0n) is 11.4. The highest BCUT2D eigenvalue weighted by Crippen LogP contribution is 2.23. The second kappa shape index (κ2) is 6.20. The molecule has 0 bridgehead atoms. The van der Waals surface area contributed by atoms with Crippen LogP contribution in [0.25, 0.3) is 0 Å². The van der Waals surface area contributed by atoms with Gasteiger partial charge in [0.25, 0.3) is 5.91 Å². The Morgan fingerprint density at radius 3 is 2.29 bits per heavy atom. The van der Waals surface area contributed by atoms with Crippen LogP contribution in [0.4, 0.5) is 11.4 Å². The molecule has 0 saturated carbocycles. The van der Waals surface area contributed by atoms with E-state index in [-0.39, 0.29) is 22.7 Å². The van der Waals surface area contributed by atoms with E-state index in [4.69, 9.17) is 23.2 Å². The molecule has 1 aromatic carbocycles. The molecular formula is C14H13Cl2N3O2. The summed E-state index contributed by atoms with van der Waals surface area (Å²) in [6, 6.07) is 8.35. The largest absolute Gasteiger partial charge is 0.340 e. The molecule has 0 atom stereocenters. The van der Waals surface area contributed by atoms with E-state index < -0.39 is 0 Å². The third kappa shape index (κ3) is 3.56. The van der Waals surface area contributed by atoms with Gasteiger partial charge in [-0.15, -0.1) is 0 Å². The van der Waals surface area contributed by atoms with Crippen LogP contribution in [0.3, 0.4) is 0 Å². The second-order valence-corrected chi connectivity index (χ2v) is 5.21. The van der Waals surface area contributed by atoms with Crippen molar-refractivity contribution in [3.8, 4) is 0 Å². The van der Waals surface area contributed by atoms with Crippen molar-refractivity contribution < 1.29 is 9.59 Å². The monoisotopic (exact) mass is 325 g/mol. The van der Waals surface area contributed by atoms with Gasteiger partial charge in [0.2, 0.25) is 5.91 Å². The van der Waals surface area contributed by atoms with Crippen LogP contribution in [0, 0.1) is 0 Å². The van der Waals surface area contributed by atoms with E-state index in [1.807, 2.05) is 0 Å². The summed E-state index contributed by atoms with van der Waals surface area (Å²) in [6.07, 6.45) is 0. The van der Waals surface area contributed by atoms with Crippen molar-refractivity contribution in [3.05, 3.63) is 46.2 Å². The molecule has 110 valence electrons. The first-order valence-electron chi connectivity index (χ1n) is 6.08. The average Bonchev–Trinajstić information content (AvgIpc) is 2.79. The summed E-state index contributed by atoms with van der Waals surface area (Å²) in [5, 5.41) is 3.22. The lowest BCUT2D eigenvalue weighted by atomic mass is 10.2. The number of amides is 2. The van der Waals surface area contributed by atoms with Crippen molar-refractivity contribution in [2.45, 2.75) is 6.92 Å². The minimum atomic E-state index is -0.350. The highest BCUT2D eigenvalue weighted by molar-refractivity contribution is 6.41. The fourth-order valence-corrected chi connectivity index (χ4v) is 1.99. The normalized spacial score (nSPS) is 10.3. The fourth-order valence-electron chi connectivity index (χ4n) is 1.68. The molecule has 0 saturated heterocycles. The number of rotatable bonds is 3. The van der Waals surface area contributed by atoms with Crippen molar-refractivity contribution in [2.24, 2.45) is 0 Å². The molecule has 0 aliphatic rings. The average molecular weight is 326 g/mol. The molecule has 2 N–H and O–H groups in total.